The van der Waals surface area contributed by atoms with Gasteiger partial charge in [0.15, 0.2) is 16.6 Å². The van der Waals surface area contributed by atoms with E-state index in [1.165, 1.54) is 16.9 Å². The first-order valence-electron chi connectivity index (χ1n) is 9.57. The van der Waals surface area contributed by atoms with Crippen LogP contribution in [0.2, 0.25) is 0 Å². The number of benzene rings is 2. The third kappa shape index (κ3) is 5.52. The summed E-state index contributed by atoms with van der Waals surface area (Å²) in [7, 11) is 0. The number of oxime groups is 1. The lowest BCUT2D eigenvalue weighted by atomic mass is 10.1. The van der Waals surface area contributed by atoms with Crippen molar-refractivity contribution in [2.24, 2.45) is 5.16 Å². The second kappa shape index (κ2) is 9.48. The van der Waals surface area contributed by atoms with Crippen LogP contribution in [0.5, 0.6) is 11.5 Å². The van der Waals surface area contributed by atoms with Gasteiger partial charge < -0.3 is 24.4 Å². The summed E-state index contributed by atoms with van der Waals surface area (Å²) in [6.45, 7) is 3.80. The van der Waals surface area contributed by atoms with Gasteiger partial charge in [-0.1, -0.05) is 22.9 Å². The Morgan fingerprint density at radius 2 is 2.00 bits per heavy atom. The van der Waals surface area contributed by atoms with Gasteiger partial charge in [0.1, 0.15) is 6.61 Å². The van der Waals surface area contributed by atoms with Crippen LogP contribution < -0.4 is 14.8 Å². The smallest absolute Gasteiger partial charge is 0.347 e. The Kier molecular flexibility index (Phi) is 6.32. The van der Waals surface area contributed by atoms with Gasteiger partial charge in [0, 0.05) is 16.6 Å². The molecule has 0 bridgehead atoms. The van der Waals surface area contributed by atoms with Crippen molar-refractivity contribution in [2.75, 3.05) is 18.7 Å². The molecule has 1 aliphatic heterocycles. The zero-order valence-electron chi connectivity index (χ0n) is 17.1. The number of thiazole rings is 1. The molecule has 1 N–H and O–H groups in total. The third-order valence-electron chi connectivity index (χ3n) is 4.41. The highest BCUT2D eigenvalue weighted by molar-refractivity contribution is 7.13. The molecule has 1 aliphatic rings. The molecule has 0 radical (unpaired) electrons. The molecule has 0 fully saturated rings. The van der Waals surface area contributed by atoms with Gasteiger partial charge in [-0.15, -0.1) is 11.3 Å². The number of aryl methyl sites for hydroxylation is 1. The van der Waals surface area contributed by atoms with Crippen LogP contribution in [0.25, 0.3) is 0 Å². The van der Waals surface area contributed by atoms with Crippen LogP contribution in [-0.4, -0.2) is 30.1 Å². The molecule has 9 heteroatoms. The topological polar surface area (TPSA) is 91.3 Å². The maximum absolute atomic E-state index is 11.9. The van der Waals surface area contributed by atoms with E-state index in [0.717, 1.165) is 16.4 Å². The van der Waals surface area contributed by atoms with Gasteiger partial charge in [0.25, 0.3) is 0 Å². The van der Waals surface area contributed by atoms with Gasteiger partial charge in [-0.05, 0) is 44.2 Å². The molecule has 0 aliphatic carbocycles. The summed E-state index contributed by atoms with van der Waals surface area (Å²) in [6.07, 6.45) is 0. The molecule has 0 amide bonds. The number of hydrogen-bond acceptors (Lipinski definition) is 9. The molecule has 0 atom stereocenters. The molecule has 2 heterocycles. The lowest BCUT2D eigenvalue weighted by molar-refractivity contribution is -0.150. The van der Waals surface area contributed by atoms with E-state index < -0.39 is 5.97 Å². The van der Waals surface area contributed by atoms with Gasteiger partial charge in [-0.3, -0.25) is 0 Å². The fourth-order valence-electron chi connectivity index (χ4n) is 2.74. The van der Waals surface area contributed by atoms with E-state index in [4.69, 9.17) is 19.0 Å². The van der Waals surface area contributed by atoms with Crippen molar-refractivity contribution in [2.45, 2.75) is 20.5 Å². The Bertz CT molecular complexity index is 1090. The minimum atomic E-state index is -0.525. The number of anilines is 2. The molecule has 1 aromatic heterocycles. The van der Waals surface area contributed by atoms with Crippen LogP contribution in [-0.2, 0) is 21.0 Å². The van der Waals surface area contributed by atoms with Crippen molar-refractivity contribution < 1.29 is 23.8 Å². The number of fused-ring (bicyclic) bond motifs is 1. The average molecular weight is 439 g/mol. The number of esters is 1. The minimum absolute atomic E-state index is 0.0686. The van der Waals surface area contributed by atoms with E-state index in [2.05, 4.69) is 15.5 Å². The number of carbonyl (C=O) groups is 1. The quantitative estimate of drug-likeness (QED) is 0.316. The van der Waals surface area contributed by atoms with E-state index in [0.29, 0.717) is 22.9 Å². The number of hydrogen-bond donors (Lipinski definition) is 1. The van der Waals surface area contributed by atoms with E-state index in [1.807, 2.05) is 48.7 Å². The van der Waals surface area contributed by atoms with Gasteiger partial charge >= 0.3 is 5.97 Å². The molecule has 4 rings (SSSR count). The Morgan fingerprint density at radius 3 is 2.84 bits per heavy atom. The lowest BCUT2D eigenvalue weighted by Crippen LogP contribution is -2.11. The highest BCUT2D eigenvalue weighted by Gasteiger charge is 2.14. The second-order valence-electron chi connectivity index (χ2n) is 6.81. The number of nitrogens with zero attached hydrogens (tertiary/aromatic N) is 2. The van der Waals surface area contributed by atoms with Crippen molar-refractivity contribution in [3.8, 4) is 11.5 Å². The Labute approximate surface area is 183 Å². The zero-order chi connectivity index (χ0) is 21.6. The standard InChI is InChI=1S/C22H21N3O5S/c1-14-3-6-17(7-4-14)23-22-24-18(12-31-22)10-27-21(26)11-30-25-15(2)16-5-8-19-20(9-16)29-13-28-19/h3-9,12H,10-11,13H2,1-2H3,(H,23,24)/b25-15+. The monoisotopic (exact) mass is 439 g/mol. The van der Waals surface area contributed by atoms with E-state index in [1.54, 1.807) is 13.0 Å². The van der Waals surface area contributed by atoms with Gasteiger partial charge in [0.05, 0.1) is 11.4 Å². The van der Waals surface area contributed by atoms with Crippen molar-refractivity contribution >= 4 is 33.8 Å². The highest BCUT2D eigenvalue weighted by Crippen LogP contribution is 2.32. The molecular weight excluding hydrogens is 418 g/mol. The molecule has 0 spiro atoms. The van der Waals surface area contributed by atoms with Crippen LogP contribution in [0.4, 0.5) is 10.8 Å². The van der Waals surface area contributed by atoms with Crippen molar-refractivity contribution in [3.05, 3.63) is 64.7 Å². The van der Waals surface area contributed by atoms with Gasteiger partial charge in [-0.25, -0.2) is 9.78 Å². The largest absolute Gasteiger partial charge is 0.457 e. The van der Waals surface area contributed by atoms with Crippen LogP contribution >= 0.6 is 11.3 Å². The molecule has 0 saturated heterocycles. The number of rotatable bonds is 8. The Morgan fingerprint density at radius 1 is 1.19 bits per heavy atom. The normalized spacial score (nSPS) is 12.5. The summed E-state index contributed by atoms with van der Waals surface area (Å²) in [5.41, 5.74) is 4.22. The summed E-state index contributed by atoms with van der Waals surface area (Å²) < 4.78 is 15.8. The predicted octanol–water partition coefficient (Wildman–Crippen LogP) is 4.41. The molecule has 2 aromatic carbocycles. The number of nitrogens with one attached hydrogen (secondary N) is 1. The molecule has 0 unspecified atom stereocenters. The number of aromatic nitrogens is 1. The molecular formula is C22H21N3O5S. The maximum Gasteiger partial charge on any atom is 0.347 e. The fourth-order valence-corrected chi connectivity index (χ4v) is 3.46. The molecule has 160 valence electrons. The first-order valence-corrected chi connectivity index (χ1v) is 10.4. The summed E-state index contributed by atoms with van der Waals surface area (Å²) in [5, 5.41) is 9.76. The lowest BCUT2D eigenvalue weighted by Gasteiger charge is -2.05. The Hall–Kier alpha value is -3.59. The molecule has 3 aromatic rings. The summed E-state index contributed by atoms with van der Waals surface area (Å²) in [4.78, 5) is 21.5. The van der Waals surface area contributed by atoms with Crippen LogP contribution in [0, 0.1) is 6.92 Å². The van der Waals surface area contributed by atoms with E-state index in [-0.39, 0.29) is 20.0 Å². The summed E-state index contributed by atoms with van der Waals surface area (Å²) >= 11 is 1.44. The summed E-state index contributed by atoms with van der Waals surface area (Å²) in [6, 6.07) is 13.5. The summed E-state index contributed by atoms with van der Waals surface area (Å²) in [5.74, 6) is 0.828. The van der Waals surface area contributed by atoms with Crippen molar-refractivity contribution in [1.29, 1.82) is 0 Å². The van der Waals surface area contributed by atoms with E-state index >= 15 is 0 Å². The minimum Gasteiger partial charge on any atom is -0.457 e. The highest BCUT2D eigenvalue weighted by atomic mass is 32.1. The van der Waals surface area contributed by atoms with Crippen molar-refractivity contribution in [3.63, 3.8) is 0 Å². The van der Waals surface area contributed by atoms with Gasteiger partial charge in [0.2, 0.25) is 13.4 Å². The van der Waals surface area contributed by atoms with Crippen molar-refractivity contribution in [1.82, 2.24) is 4.98 Å². The third-order valence-corrected chi connectivity index (χ3v) is 5.22. The first kappa shape index (κ1) is 20.7. The average Bonchev–Trinajstić information content (AvgIpc) is 3.42. The predicted molar refractivity (Wildman–Crippen MR) is 117 cm³/mol. The number of ether oxygens (including phenoxy) is 3. The SMILES string of the molecule is C/C(=N\OCC(=O)OCc1csc(Nc2ccc(C)cc2)n1)c1ccc2c(c1)OCO2. The first-order chi connectivity index (χ1) is 15.1. The molecule has 8 nitrogen and oxygen atoms in total. The number of carbonyl (C=O) groups excluding carboxylic acids is 1. The molecule has 0 saturated carbocycles. The fraction of sp³-hybridized carbons (Fsp3) is 0.227. The zero-order valence-corrected chi connectivity index (χ0v) is 17.9. The van der Waals surface area contributed by atoms with Crippen LogP contribution in [0.1, 0.15) is 23.7 Å². The Balaban J connectivity index is 1.22. The van der Waals surface area contributed by atoms with E-state index in [9.17, 15) is 4.79 Å². The van der Waals surface area contributed by atoms with Gasteiger partial charge in [-0.2, -0.15) is 0 Å². The second-order valence-corrected chi connectivity index (χ2v) is 7.67. The molecule has 31 heavy (non-hydrogen) atoms. The maximum atomic E-state index is 11.9. The van der Waals surface area contributed by atoms with Crippen LogP contribution in [0.15, 0.2) is 53.0 Å². The van der Waals surface area contributed by atoms with Crippen LogP contribution in [0.3, 0.4) is 0 Å².